The van der Waals surface area contributed by atoms with Crippen LogP contribution in [0.5, 0.6) is 6.01 Å². The number of nitrogens with one attached hydrogen (secondary N) is 1. The summed E-state index contributed by atoms with van der Waals surface area (Å²) in [4.78, 5) is 14.4. The van der Waals surface area contributed by atoms with E-state index in [1.807, 2.05) is 12.3 Å². The van der Waals surface area contributed by atoms with Crippen molar-refractivity contribution in [3.8, 4) is 6.01 Å². The smallest absolute Gasteiger partial charge is 0.323 e. The summed E-state index contributed by atoms with van der Waals surface area (Å²) in [5.74, 6) is 0.332. The average molecular weight is 286 g/mol. The van der Waals surface area contributed by atoms with Gasteiger partial charge in [0.1, 0.15) is 5.65 Å². The van der Waals surface area contributed by atoms with E-state index in [2.05, 4.69) is 46.8 Å². The summed E-state index contributed by atoms with van der Waals surface area (Å²) in [6.07, 6.45) is 8.13. The first-order valence-corrected chi connectivity index (χ1v) is 7.53. The van der Waals surface area contributed by atoms with E-state index in [0.717, 1.165) is 23.3 Å². The lowest BCUT2D eigenvalue weighted by atomic mass is 10.1. The van der Waals surface area contributed by atoms with E-state index in [1.165, 1.54) is 12.8 Å². The second-order valence-electron chi connectivity index (χ2n) is 5.92. The molecule has 3 heterocycles. The molecule has 0 radical (unpaired) electrons. The summed E-state index contributed by atoms with van der Waals surface area (Å²) in [6, 6.07) is 2.88. The molecule has 112 valence electrons. The van der Waals surface area contributed by atoms with Crippen molar-refractivity contribution in [2.75, 3.05) is 13.6 Å². The molecule has 0 bridgehead atoms. The Morgan fingerprint density at radius 1 is 1.43 bits per heavy atom. The number of likely N-dealkylation sites (N-methyl/N-ethyl adjacent to an activating group) is 1. The monoisotopic (exact) mass is 286 g/mol. The Morgan fingerprint density at radius 2 is 2.29 bits per heavy atom. The second-order valence-corrected chi connectivity index (χ2v) is 5.92. The highest BCUT2D eigenvalue weighted by atomic mass is 16.5. The van der Waals surface area contributed by atoms with Gasteiger partial charge in [0.15, 0.2) is 0 Å². The number of nitrogens with zero attached hydrogens (tertiary/aromatic N) is 3. The molecule has 1 atom stereocenters. The van der Waals surface area contributed by atoms with Crippen molar-refractivity contribution in [2.24, 2.45) is 0 Å². The van der Waals surface area contributed by atoms with Gasteiger partial charge in [-0.05, 0) is 44.5 Å². The summed E-state index contributed by atoms with van der Waals surface area (Å²) < 4.78 is 5.64. The van der Waals surface area contributed by atoms with Crippen LogP contribution in [0.3, 0.4) is 0 Å². The lowest BCUT2D eigenvalue weighted by molar-refractivity contribution is 0.349. The highest BCUT2D eigenvalue weighted by Crippen LogP contribution is 2.24. The van der Waals surface area contributed by atoms with Crippen LogP contribution >= 0.6 is 0 Å². The lowest BCUT2D eigenvalue weighted by Crippen LogP contribution is -2.22. The van der Waals surface area contributed by atoms with E-state index in [1.54, 1.807) is 6.26 Å². The van der Waals surface area contributed by atoms with Crippen LogP contribution in [-0.4, -0.2) is 39.5 Å². The van der Waals surface area contributed by atoms with Crippen LogP contribution < -0.4 is 4.74 Å². The number of aromatic nitrogens is 3. The van der Waals surface area contributed by atoms with Crippen LogP contribution in [0.4, 0.5) is 0 Å². The van der Waals surface area contributed by atoms with Crippen LogP contribution in [0.2, 0.25) is 0 Å². The predicted molar refractivity (Wildman–Crippen MR) is 83.4 cm³/mol. The molecule has 2 aromatic rings. The fourth-order valence-electron chi connectivity index (χ4n) is 2.81. The van der Waals surface area contributed by atoms with Crippen LogP contribution in [0, 0.1) is 0 Å². The van der Waals surface area contributed by atoms with Crippen molar-refractivity contribution >= 4 is 11.0 Å². The zero-order valence-corrected chi connectivity index (χ0v) is 12.8. The maximum Gasteiger partial charge on any atom is 0.323 e. The number of ether oxygens (including phenoxy) is 1. The molecule has 1 saturated heterocycles. The summed E-state index contributed by atoms with van der Waals surface area (Å²) in [6.45, 7) is 5.40. The minimum Gasteiger partial charge on any atom is -0.432 e. The third kappa shape index (κ3) is 2.93. The zero-order chi connectivity index (χ0) is 14.8. The number of aromatic amines is 1. The molecular formula is C16H22N4O. The Balaban J connectivity index is 1.79. The number of rotatable bonds is 4. The van der Waals surface area contributed by atoms with Gasteiger partial charge in [0, 0.05) is 17.6 Å². The first-order chi connectivity index (χ1) is 10.1. The molecule has 0 aliphatic carbocycles. The van der Waals surface area contributed by atoms with E-state index in [4.69, 9.17) is 4.74 Å². The summed E-state index contributed by atoms with van der Waals surface area (Å²) in [7, 11) is 2.14. The maximum atomic E-state index is 5.64. The van der Waals surface area contributed by atoms with Crippen molar-refractivity contribution < 1.29 is 4.74 Å². The minimum atomic E-state index is 0.332. The molecular weight excluding hydrogens is 264 g/mol. The summed E-state index contributed by atoms with van der Waals surface area (Å²) in [5, 5.41) is 1.07. The third-order valence-corrected chi connectivity index (χ3v) is 4.02. The SMILES string of the molecule is CC(C)c1nc(O/C=C/C2CCCN2C)nc2[nH]ccc12. The van der Waals surface area contributed by atoms with Gasteiger partial charge in [-0.15, -0.1) is 0 Å². The van der Waals surface area contributed by atoms with Crippen molar-refractivity contribution in [3.63, 3.8) is 0 Å². The van der Waals surface area contributed by atoms with Crippen molar-refractivity contribution in [2.45, 2.75) is 38.6 Å². The Hall–Kier alpha value is -1.88. The topological polar surface area (TPSA) is 54.0 Å². The first-order valence-electron chi connectivity index (χ1n) is 7.53. The lowest BCUT2D eigenvalue weighted by Gasteiger charge is -2.14. The molecule has 0 saturated carbocycles. The van der Waals surface area contributed by atoms with Crippen LogP contribution in [0.25, 0.3) is 11.0 Å². The van der Waals surface area contributed by atoms with Crippen molar-refractivity contribution in [1.29, 1.82) is 0 Å². The summed E-state index contributed by atoms with van der Waals surface area (Å²) in [5.41, 5.74) is 1.85. The van der Waals surface area contributed by atoms with Gasteiger partial charge < -0.3 is 9.72 Å². The maximum absolute atomic E-state index is 5.64. The van der Waals surface area contributed by atoms with Crippen molar-refractivity contribution in [3.05, 3.63) is 30.3 Å². The largest absolute Gasteiger partial charge is 0.432 e. The van der Waals surface area contributed by atoms with Crippen LogP contribution in [0.1, 0.15) is 38.3 Å². The number of H-pyrrole nitrogens is 1. The van der Waals surface area contributed by atoms with Crippen LogP contribution in [-0.2, 0) is 0 Å². The number of likely N-dealkylation sites (tertiary alicyclic amines) is 1. The van der Waals surface area contributed by atoms with Gasteiger partial charge >= 0.3 is 6.01 Å². The average Bonchev–Trinajstić information content (AvgIpc) is 3.07. The number of fused-ring (bicyclic) bond motifs is 1. The predicted octanol–water partition coefficient (Wildman–Crippen LogP) is 3.07. The molecule has 5 heteroatoms. The Kier molecular flexibility index (Phi) is 3.92. The second kappa shape index (κ2) is 5.85. The van der Waals surface area contributed by atoms with Gasteiger partial charge in [-0.25, -0.2) is 0 Å². The molecule has 2 aromatic heterocycles. The molecule has 21 heavy (non-hydrogen) atoms. The van der Waals surface area contributed by atoms with E-state index < -0.39 is 0 Å². The molecule has 0 aromatic carbocycles. The van der Waals surface area contributed by atoms with Crippen LogP contribution in [0.15, 0.2) is 24.6 Å². The normalized spacial score (nSPS) is 20.1. The minimum absolute atomic E-state index is 0.332. The Bertz CT molecular complexity index is 647. The van der Waals surface area contributed by atoms with Crippen molar-refractivity contribution in [1.82, 2.24) is 19.9 Å². The standard InChI is InChI=1S/C16H22N4O/c1-11(2)14-13-6-8-17-15(13)19-16(18-14)21-10-7-12-5-4-9-20(12)3/h6-8,10-12H,4-5,9H2,1-3H3,(H,17,18,19)/b10-7+. The molecule has 1 N–H and O–H groups in total. The first kappa shape index (κ1) is 14.1. The fourth-order valence-corrected chi connectivity index (χ4v) is 2.81. The van der Waals surface area contributed by atoms with Gasteiger partial charge in [-0.1, -0.05) is 13.8 Å². The molecule has 1 fully saturated rings. The molecule has 0 amide bonds. The van der Waals surface area contributed by atoms with E-state index in [-0.39, 0.29) is 0 Å². The zero-order valence-electron chi connectivity index (χ0n) is 12.8. The van der Waals surface area contributed by atoms with E-state index in [9.17, 15) is 0 Å². The summed E-state index contributed by atoms with van der Waals surface area (Å²) >= 11 is 0. The highest BCUT2D eigenvalue weighted by Gasteiger charge is 2.18. The van der Waals surface area contributed by atoms with Gasteiger partial charge in [0.2, 0.25) is 0 Å². The van der Waals surface area contributed by atoms with Gasteiger partial charge in [-0.3, -0.25) is 4.90 Å². The molecule has 1 aliphatic rings. The molecule has 3 rings (SSSR count). The van der Waals surface area contributed by atoms with E-state index >= 15 is 0 Å². The quantitative estimate of drug-likeness (QED) is 0.878. The molecule has 0 spiro atoms. The van der Waals surface area contributed by atoms with Gasteiger partial charge in [-0.2, -0.15) is 9.97 Å². The molecule has 5 nitrogen and oxygen atoms in total. The van der Waals surface area contributed by atoms with E-state index in [0.29, 0.717) is 18.0 Å². The number of hydrogen-bond acceptors (Lipinski definition) is 4. The van der Waals surface area contributed by atoms with Gasteiger partial charge in [0.25, 0.3) is 0 Å². The Morgan fingerprint density at radius 3 is 3.00 bits per heavy atom. The molecule has 1 aliphatic heterocycles. The highest BCUT2D eigenvalue weighted by molar-refractivity contribution is 5.78. The Labute approximate surface area is 125 Å². The third-order valence-electron chi connectivity index (χ3n) is 4.02. The number of hydrogen-bond donors (Lipinski definition) is 1. The molecule has 1 unspecified atom stereocenters. The van der Waals surface area contributed by atoms with Gasteiger partial charge in [0.05, 0.1) is 12.0 Å². The fraction of sp³-hybridized carbons (Fsp3) is 0.500.